The standard InChI is InChI=1S/C9H12F3NO2S/c1-16-5-8-3-2-7(15-8)4-13-14-6-9(10,11)12/h2-3,13H,4-6H2,1H3. The van der Waals surface area contributed by atoms with Gasteiger partial charge in [0.1, 0.15) is 11.5 Å². The molecule has 1 aromatic rings. The number of hydrogen-bond acceptors (Lipinski definition) is 4. The molecule has 1 N–H and O–H groups in total. The summed E-state index contributed by atoms with van der Waals surface area (Å²) in [5, 5.41) is 0. The average molecular weight is 255 g/mol. The molecule has 16 heavy (non-hydrogen) atoms. The largest absolute Gasteiger partial charge is 0.464 e. The van der Waals surface area contributed by atoms with Gasteiger partial charge in [0.2, 0.25) is 0 Å². The molecule has 1 rings (SSSR count). The first-order valence-electron chi connectivity index (χ1n) is 4.49. The second kappa shape index (κ2) is 6.17. The first-order chi connectivity index (χ1) is 7.51. The Kier molecular flexibility index (Phi) is 5.17. The van der Waals surface area contributed by atoms with Gasteiger partial charge in [-0.05, 0) is 18.4 Å². The van der Waals surface area contributed by atoms with E-state index in [2.05, 4.69) is 10.3 Å². The van der Waals surface area contributed by atoms with Crippen LogP contribution in [0.1, 0.15) is 11.5 Å². The molecule has 0 bridgehead atoms. The molecule has 0 unspecified atom stereocenters. The molecule has 0 aliphatic heterocycles. The van der Waals surface area contributed by atoms with Crippen molar-refractivity contribution in [2.24, 2.45) is 0 Å². The van der Waals surface area contributed by atoms with Gasteiger partial charge in [0.15, 0.2) is 6.61 Å². The lowest BCUT2D eigenvalue weighted by Gasteiger charge is -2.06. The minimum Gasteiger partial charge on any atom is -0.464 e. The van der Waals surface area contributed by atoms with Crippen molar-refractivity contribution in [1.29, 1.82) is 0 Å². The molecule has 0 fully saturated rings. The average Bonchev–Trinajstić information content (AvgIpc) is 2.60. The summed E-state index contributed by atoms with van der Waals surface area (Å²) in [6, 6.07) is 3.49. The number of thioether (sulfide) groups is 1. The van der Waals surface area contributed by atoms with Gasteiger partial charge in [0.25, 0.3) is 0 Å². The third-order valence-electron chi connectivity index (χ3n) is 1.59. The summed E-state index contributed by atoms with van der Waals surface area (Å²) >= 11 is 1.61. The number of alkyl halides is 3. The minimum atomic E-state index is -4.32. The van der Waals surface area contributed by atoms with Gasteiger partial charge < -0.3 is 4.42 Å². The van der Waals surface area contributed by atoms with E-state index in [4.69, 9.17) is 4.42 Å². The summed E-state index contributed by atoms with van der Waals surface area (Å²) < 4.78 is 40.4. The molecule has 3 nitrogen and oxygen atoms in total. The molecular weight excluding hydrogens is 243 g/mol. The summed E-state index contributed by atoms with van der Waals surface area (Å²) in [4.78, 5) is 4.23. The van der Waals surface area contributed by atoms with Crippen molar-refractivity contribution in [2.75, 3.05) is 12.9 Å². The van der Waals surface area contributed by atoms with Crippen LogP contribution in [-0.4, -0.2) is 19.0 Å². The van der Waals surface area contributed by atoms with Gasteiger partial charge in [0.05, 0.1) is 12.3 Å². The summed E-state index contributed by atoms with van der Waals surface area (Å²) in [7, 11) is 0. The van der Waals surface area contributed by atoms with Crippen molar-refractivity contribution in [1.82, 2.24) is 5.48 Å². The highest BCUT2D eigenvalue weighted by atomic mass is 32.2. The van der Waals surface area contributed by atoms with E-state index in [0.29, 0.717) is 5.76 Å². The highest BCUT2D eigenvalue weighted by molar-refractivity contribution is 7.97. The molecule has 92 valence electrons. The number of hydroxylamine groups is 1. The molecule has 0 spiro atoms. The van der Waals surface area contributed by atoms with Crippen LogP contribution in [0.25, 0.3) is 0 Å². The first kappa shape index (κ1) is 13.4. The highest BCUT2D eigenvalue weighted by Crippen LogP contribution is 2.15. The van der Waals surface area contributed by atoms with Crippen LogP contribution in [0.15, 0.2) is 16.5 Å². The van der Waals surface area contributed by atoms with E-state index in [1.54, 1.807) is 23.9 Å². The lowest BCUT2D eigenvalue weighted by molar-refractivity contribution is -0.190. The van der Waals surface area contributed by atoms with Crippen molar-refractivity contribution in [3.8, 4) is 0 Å². The summed E-state index contributed by atoms with van der Waals surface area (Å²) in [6.07, 6.45) is -2.38. The number of rotatable bonds is 6. The van der Waals surface area contributed by atoms with E-state index in [0.717, 1.165) is 11.5 Å². The van der Waals surface area contributed by atoms with Crippen molar-refractivity contribution < 1.29 is 22.4 Å². The van der Waals surface area contributed by atoms with Gasteiger partial charge >= 0.3 is 6.18 Å². The van der Waals surface area contributed by atoms with Crippen LogP contribution < -0.4 is 5.48 Å². The smallest absolute Gasteiger partial charge is 0.413 e. The van der Waals surface area contributed by atoms with Crippen LogP contribution in [0.4, 0.5) is 13.2 Å². The quantitative estimate of drug-likeness (QED) is 0.626. The van der Waals surface area contributed by atoms with Gasteiger partial charge in [-0.25, -0.2) is 0 Å². The maximum Gasteiger partial charge on any atom is 0.413 e. The lowest BCUT2D eigenvalue weighted by Crippen LogP contribution is -2.24. The Morgan fingerprint density at radius 2 is 2.06 bits per heavy atom. The van der Waals surface area contributed by atoms with Gasteiger partial charge in [-0.2, -0.15) is 30.4 Å². The van der Waals surface area contributed by atoms with Crippen molar-refractivity contribution in [3.63, 3.8) is 0 Å². The summed E-state index contributed by atoms with van der Waals surface area (Å²) in [5.74, 6) is 2.08. The zero-order valence-electron chi connectivity index (χ0n) is 8.63. The fourth-order valence-electron chi connectivity index (χ4n) is 0.992. The minimum absolute atomic E-state index is 0.116. The van der Waals surface area contributed by atoms with Crippen LogP contribution in [0.3, 0.4) is 0 Å². The third kappa shape index (κ3) is 5.43. The molecule has 0 radical (unpaired) electrons. The topological polar surface area (TPSA) is 34.4 Å². The molecule has 1 heterocycles. The zero-order chi connectivity index (χ0) is 12.0. The number of halogens is 3. The van der Waals surface area contributed by atoms with Crippen molar-refractivity contribution >= 4 is 11.8 Å². The molecule has 0 atom stereocenters. The molecule has 0 aliphatic carbocycles. The van der Waals surface area contributed by atoms with Crippen LogP contribution in [0.2, 0.25) is 0 Å². The molecule has 1 aromatic heterocycles. The lowest BCUT2D eigenvalue weighted by atomic mass is 10.4. The summed E-state index contributed by atoms with van der Waals surface area (Å²) in [6.45, 7) is -1.20. The van der Waals surface area contributed by atoms with Gasteiger partial charge in [0, 0.05) is 0 Å². The SMILES string of the molecule is CSCc1ccc(CNOCC(F)(F)F)o1. The Hall–Kier alpha value is -0.660. The van der Waals surface area contributed by atoms with E-state index in [-0.39, 0.29) is 6.54 Å². The van der Waals surface area contributed by atoms with E-state index in [1.807, 2.05) is 6.26 Å². The molecule has 0 amide bonds. The molecule has 0 saturated heterocycles. The van der Waals surface area contributed by atoms with Gasteiger partial charge in [-0.3, -0.25) is 4.84 Å². The highest BCUT2D eigenvalue weighted by Gasteiger charge is 2.27. The second-order valence-electron chi connectivity index (χ2n) is 3.03. The molecule has 0 aliphatic rings. The van der Waals surface area contributed by atoms with Gasteiger partial charge in [-0.1, -0.05) is 0 Å². The third-order valence-corrected chi connectivity index (χ3v) is 2.16. The predicted octanol–water partition coefficient (Wildman–Crippen LogP) is 2.73. The molecule has 0 aromatic carbocycles. The van der Waals surface area contributed by atoms with E-state index < -0.39 is 12.8 Å². The number of nitrogens with one attached hydrogen (secondary N) is 1. The van der Waals surface area contributed by atoms with Crippen molar-refractivity contribution in [2.45, 2.75) is 18.5 Å². The predicted molar refractivity (Wildman–Crippen MR) is 54.8 cm³/mol. The van der Waals surface area contributed by atoms with Crippen LogP contribution in [-0.2, 0) is 17.1 Å². The normalized spacial score (nSPS) is 12.0. The zero-order valence-corrected chi connectivity index (χ0v) is 9.45. The van der Waals surface area contributed by atoms with Crippen LogP contribution in [0, 0.1) is 0 Å². The Bertz CT molecular complexity index is 314. The first-order valence-corrected chi connectivity index (χ1v) is 5.88. The fraction of sp³-hybridized carbons (Fsp3) is 0.556. The van der Waals surface area contributed by atoms with E-state index >= 15 is 0 Å². The second-order valence-corrected chi connectivity index (χ2v) is 3.89. The Morgan fingerprint density at radius 3 is 2.69 bits per heavy atom. The maximum absolute atomic E-state index is 11.7. The Labute approximate surface area is 95.3 Å². The molecular formula is C9H12F3NO2S. The summed E-state index contributed by atoms with van der Waals surface area (Å²) in [5.41, 5.74) is 2.19. The maximum atomic E-state index is 11.7. The Balaban J connectivity index is 2.21. The fourth-order valence-corrected chi connectivity index (χ4v) is 1.43. The monoisotopic (exact) mass is 255 g/mol. The van der Waals surface area contributed by atoms with Crippen molar-refractivity contribution in [3.05, 3.63) is 23.7 Å². The molecule has 0 saturated carbocycles. The number of furan rings is 1. The van der Waals surface area contributed by atoms with Crippen LogP contribution >= 0.6 is 11.8 Å². The van der Waals surface area contributed by atoms with Crippen LogP contribution in [0.5, 0.6) is 0 Å². The number of hydrogen-bond donors (Lipinski definition) is 1. The van der Waals surface area contributed by atoms with Gasteiger partial charge in [-0.15, -0.1) is 0 Å². The van der Waals surface area contributed by atoms with E-state index in [9.17, 15) is 13.2 Å². The van der Waals surface area contributed by atoms with E-state index in [1.165, 1.54) is 0 Å². The molecule has 7 heteroatoms. The Morgan fingerprint density at radius 1 is 1.38 bits per heavy atom.